The molecular formula is C19H21ClFN3OS. The molecule has 26 heavy (non-hydrogen) atoms. The number of rotatable bonds is 3. The number of thioether (sulfide) groups is 1. The lowest BCUT2D eigenvalue weighted by Gasteiger charge is -2.27. The molecule has 1 aliphatic rings. The molecule has 0 radical (unpaired) electrons. The van der Waals surface area contributed by atoms with E-state index in [0.717, 1.165) is 35.9 Å². The summed E-state index contributed by atoms with van der Waals surface area (Å²) in [6.45, 7) is 3.70. The third-order valence-electron chi connectivity index (χ3n) is 4.68. The Morgan fingerprint density at radius 3 is 2.85 bits per heavy atom. The maximum absolute atomic E-state index is 13.9. The van der Waals surface area contributed by atoms with Crippen LogP contribution in [0, 0.1) is 5.82 Å². The molecule has 7 heteroatoms. The van der Waals surface area contributed by atoms with E-state index in [4.69, 9.17) is 21.3 Å². The van der Waals surface area contributed by atoms with Gasteiger partial charge in [0.15, 0.2) is 5.17 Å². The van der Waals surface area contributed by atoms with E-state index in [-0.39, 0.29) is 16.3 Å². The van der Waals surface area contributed by atoms with Gasteiger partial charge in [0.1, 0.15) is 5.82 Å². The van der Waals surface area contributed by atoms with E-state index in [1.54, 1.807) is 37.2 Å². The van der Waals surface area contributed by atoms with Crippen LogP contribution in [0.1, 0.15) is 18.9 Å². The van der Waals surface area contributed by atoms with Gasteiger partial charge in [-0.05, 0) is 30.4 Å². The molecule has 0 N–H and O–H groups in total. The van der Waals surface area contributed by atoms with Crippen LogP contribution in [-0.2, 0) is 5.41 Å². The monoisotopic (exact) mass is 393 g/mol. The number of likely N-dealkylation sites (tertiary alicyclic amines) is 1. The maximum Gasteiger partial charge on any atom is 0.213 e. The molecule has 1 aromatic carbocycles. The van der Waals surface area contributed by atoms with E-state index in [0.29, 0.717) is 5.88 Å². The lowest BCUT2D eigenvalue weighted by molar-refractivity contribution is 0.398. The molecule has 138 valence electrons. The molecule has 4 nitrogen and oxygen atoms in total. The molecule has 0 saturated carbocycles. The largest absolute Gasteiger partial charge is 0.481 e. The predicted octanol–water partition coefficient (Wildman–Crippen LogP) is 4.90. The Kier molecular flexibility index (Phi) is 5.73. The van der Waals surface area contributed by atoms with Gasteiger partial charge in [0, 0.05) is 24.6 Å². The number of ether oxygens (including phenoxy) is 1. The Hall–Kier alpha value is -1.79. The maximum atomic E-state index is 13.9. The molecule has 1 aromatic heterocycles. The highest BCUT2D eigenvalue weighted by molar-refractivity contribution is 8.13. The van der Waals surface area contributed by atoms with Crippen LogP contribution in [-0.4, -0.2) is 41.5 Å². The second-order valence-corrected chi connectivity index (χ2v) is 7.64. The Bertz CT molecular complexity index is 815. The molecule has 0 amide bonds. The molecule has 0 unspecified atom stereocenters. The average Bonchev–Trinajstić information content (AvgIpc) is 3.05. The molecule has 1 fully saturated rings. The Morgan fingerprint density at radius 2 is 2.19 bits per heavy atom. The summed E-state index contributed by atoms with van der Waals surface area (Å²) in [4.78, 5) is 11.1. The van der Waals surface area contributed by atoms with E-state index in [2.05, 4.69) is 16.8 Å². The van der Waals surface area contributed by atoms with E-state index < -0.39 is 0 Å². The SMILES string of the molecule is COc1ccc(N=C(SC)N2CC[C@@](C)(c3cccc(F)c3Cl)C2)cn1. The topological polar surface area (TPSA) is 37.7 Å². The van der Waals surface area contributed by atoms with E-state index in [1.165, 1.54) is 6.07 Å². The van der Waals surface area contributed by atoms with Crippen molar-refractivity contribution in [1.82, 2.24) is 9.88 Å². The van der Waals surface area contributed by atoms with Crippen molar-refractivity contribution in [2.24, 2.45) is 4.99 Å². The van der Waals surface area contributed by atoms with Crippen LogP contribution in [0.3, 0.4) is 0 Å². The summed E-state index contributed by atoms with van der Waals surface area (Å²) in [6.07, 6.45) is 4.57. The number of nitrogens with zero attached hydrogens (tertiary/aromatic N) is 3. The summed E-state index contributed by atoms with van der Waals surface area (Å²) in [7, 11) is 1.58. The number of aliphatic imine (C=N–C) groups is 1. The number of pyridine rings is 1. The van der Waals surface area contributed by atoms with E-state index >= 15 is 0 Å². The smallest absolute Gasteiger partial charge is 0.213 e. The lowest BCUT2D eigenvalue weighted by Crippen LogP contribution is -2.31. The van der Waals surface area contributed by atoms with Crippen molar-refractivity contribution in [3.05, 3.63) is 52.9 Å². The van der Waals surface area contributed by atoms with Gasteiger partial charge < -0.3 is 9.64 Å². The fourth-order valence-corrected chi connectivity index (χ4v) is 4.19. The summed E-state index contributed by atoms with van der Waals surface area (Å²) in [5.74, 6) is 0.191. The Balaban J connectivity index is 1.83. The van der Waals surface area contributed by atoms with Gasteiger partial charge in [-0.2, -0.15) is 0 Å². The van der Waals surface area contributed by atoms with Crippen LogP contribution in [0.2, 0.25) is 5.02 Å². The van der Waals surface area contributed by atoms with E-state index in [9.17, 15) is 4.39 Å². The quantitative estimate of drug-likeness (QED) is 0.549. The molecule has 2 heterocycles. The van der Waals surface area contributed by atoms with Crippen LogP contribution in [0.25, 0.3) is 0 Å². The first-order valence-electron chi connectivity index (χ1n) is 8.29. The second-order valence-electron chi connectivity index (χ2n) is 6.49. The Morgan fingerprint density at radius 1 is 1.38 bits per heavy atom. The van der Waals surface area contributed by atoms with Gasteiger partial charge >= 0.3 is 0 Å². The third kappa shape index (κ3) is 3.81. The standard InChI is InChI=1S/C19H21ClFN3OS/c1-19(14-5-4-6-15(21)17(14)20)9-10-24(12-19)18(26-3)23-13-7-8-16(25-2)22-11-13/h4-8,11H,9-10,12H2,1-3H3/t19-/m1/s1. The summed E-state index contributed by atoms with van der Waals surface area (Å²) >= 11 is 7.82. The fourth-order valence-electron chi connectivity index (χ4n) is 3.23. The van der Waals surface area contributed by atoms with Crippen LogP contribution in [0.5, 0.6) is 5.88 Å². The molecular weight excluding hydrogens is 373 g/mol. The molecule has 1 saturated heterocycles. The molecule has 0 bridgehead atoms. The van der Waals surface area contributed by atoms with Gasteiger partial charge in [-0.1, -0.05) is 42.4 Å². The van der Waals surface area contributed by atoms with Crippen LogP contribution >= 0.6 is 23.4 Å². The van der Waals surface area contributed by atoms with E-state index in [1.807, 2.05) is 18.4 Å². The minimum atomic E-state index is -0.369. The minimum Gasteiger partial charge on any atom is -0.481 e. The number of amidine groups is 1. The van der Waals surface area contributed by atoms with Crippen LogP contribution in [0.4, 0.5) is 10.1 Å². The van der Waals surface area contributed by atoms with Gasteiger partial charge in [0.25, 0.3) is 0 Å². The highest BCUT2D eigenvalue weighted by Gasteiger charge is 2.38. The number of hydrogen-bond acceptors (Lipinski definition) is 4. The summed E-state index contributed by atoms with van der Waals surface area (Å²) in [5.41, 5.74) is 1.41. The van der Waals surface area contributed by atoms with Crippen molar-refractivity contribution >= 4 is 34.2 Å². The predicted molar refractivity (Wildman–Crippen MR) is 106 cm³/mol. The van der Waals surface area contributed by atoms with Gasteiger partial charge in [0.2, 0.25) is 5.88 Å². The number of methoxy groups -OCH3 is 1. The van der Waals surface area contributed by atoms with Crippen molar-refractivity contribution < 1.29 is 9.13 Å². The first-order chi connectivity index (χ1) is 12.5. The zero-order chi connectivity index (χ0) is 18.7. The van der Waals surface area contributed by atoms with Crippen LogP contribution in [0.15, 0.2) is 41.5 Å². The Labute approximate surface area is 162 Å². The second kappa shape index (κ2) is 7.84. The zero-order valence-corrected chi connectivity index (χ0v) is 16.6. The summed E-state index contributed by atoms with van der Waals surface area (Å²) in [6, 6.07) is 8.70. The minimum absolute atomic E-state index is 0.214. The van der Waals surface area contributed by atoms with Crippen molar-refractivity contribution in [2.45, 2.75) is 18.8 Å². The zero-order valence-electron chi connectivity index (χ0n) is 15.0. The molecule has 1 aliphatic heterocycles. The number of hydrogen-bond donors (Lipinski definition) is 0. The highest BCUT2D eigenvalue weighted by atomic mass is 35.5. The molecule has 3 rings (SSSR count). The first-order valence-corrected chi connectivity index (χ1v) is 9.89. The number of benzene rings is 1. The average molecular weight is 394 g/mol. The molecule has 1 atom stereocenters. The van der Waals surface area contributed by atoms with Gasteiger partial charge in [-0.3, -0.25) is 0 Å². The molecule has 2 aromatic rings. The molecule has 0 aliphatic carbocycles. The normalized spacial score (nSPS) is 20.5. The van der Waals surface area contributed by atoms with Gasteiger partial charge in [0.05, 0.1) is 24.0 Å². The van der Waals surface area contributed by atoms with Crippen molar-refractivity contribution in [1.29, 1.82) is 0 Å². The summed E-state index contributed by atoms with van der Waals surface area (Å²) < 4.78 is 19.0. The highest BCUT2D eigenvalue weighted by Crippen LogP contribution is 2.39. The lowest BCUT2D eigenvalue weighted by atomic mass is 9.82. The fraction of sp³-hybridized carbons (Fsp3) is 0.368. The van der Waals surface area contributed by atoms with Gasteiger partial charge in [-0.25, -0.2) is 14.4 Å². The third-order valence-corrected chi connectivity index (χ3v) is 5.78. The van der Waals surface area contributed by atoms with Gasteiger partial charge in [-0.15, -0.1) is 0 Å². The van der Waals surface area contributed by atoms with Crippen LogP contribution < -0.4 is 4.74 Å². The van der Waals surface area contributed by atoms with Crippen molar-refractivity contribution in [3.63, 3.8) is 0 Å². The first kappa shape index (κ1) is 19.0. The van der Waals surface area contributed by atoms with Crippen molar-refractivity contribution in [3.8, 4) is 5.88 Å². The molecule has 0 spiro atoms. The number of halogens is 2. The summed E-state index contributed by atoms with van der Waals surface area (Å²) in [5, 5.41) is 1.13. The van der Waals surface area contributed by atoms with Crippen molar-refractivity contribution in [2.75, 3.05) is 26.5 Å². The number of aromatic nitrogens is 1.